The quantitative estimate of drug-likeness (QED) is 0.784. The van der Waals surface area contributed by atoms with Gasteiger partial charge in [0.2, 0.25) is 0 Å². The summed E-state index contributed by atoms with van der Waals surface area (Å²) < 4.78 is 6.52. The summed E-state index contributed by atoms with van der Waals surface area (Å²) >= 11 is 3.39. The zero-order valence-electron chi connectivity index (χ0n) is 8.82. The minimum Gasteiger partial charge on any atom is -0.379 e. The zero-order chi connectivity index (χ0) is 10.7. The molecule has 1 fully saturated rings. The highest BCUT2D eigenvalue weighted by atomic mass is 79.9. The molecule has 0 radical (unpaired) electrons. The second kappa shape index (κ2) is 4.94. The monoisotopic (exact) mass is 270 g/mol. The van der Waals surface area contributed by atoms with Crippen LogP contribution in [0.3, 0.4) is 0 Å². The van der Waals surface area contributed by atoms with Crippen LogP contribution < -0.4 is 4.90 Å². The lowest BCUT2D eigenvalue weighted by atomic mass is 10.3. The Kier molecular flexibility index (Phi) is 3.59. The fourth-order valence-corrected chi connectivity index (χ4v) is 2.01. The van der Waals surface area contributed by atoms with Crippen molar-refractivity contribution in [3.05, 3.63) is 22.8 Å². The summed E-state index contributed by atoms with van der Waals surface area (Å²) in [5, 5.41) is 0. The fourth-order valence-electron chi connectivity index (χ4n) is 1.78. The maximum Gasteiger partial charge on any atom is 0.128 e. The molecular formula is C11H15BrN2O. The van der Waals surface area contributed by atoms with Gasteiger partial charge < -0.3 is 9.64 Å². The Labute approximate surface area is 98.6 Å². The predicted molar refractivity (Wildman–Crippen MR) is 64.2 cm³/mol. The molecule has 2 heterocycles. The van der Waals surface area contributed by atoms with E-state index in [1.807, 2.05) is 18.3 Å². The van der Waals surface area contributed by atoms with Crippen molar-refractivity contribution in [2.75, 3.05) is 24.7 Å². The molecule has 0 aliphatic carbocycles. The number of ether oxygens (including phenoxy) is 1. The molecule has 1 atom stereocenters. The predicted octanol–water partition coefficient (Wildman–Crippen LogP) is 2.46. The number of hydrogen-bond acceptors (Lipinski definition) is 3. The van der Waals surface area contributed by atoms with Crippen molar-refractivity contribution in [1.82, 2.24) is 4.98 Å². The highest BCUT2D eigenvalue weighted by Gasteiger charge is 2.18. The molecule has 1 aliphatic heterocycles. The first-order valence-electron chi connectivity index (χ1n) is 5.23. The lowest BCUT2D eigenvalue weighted by Crippen LogP contribution is -2.35. The lowest BCUT2D eigenvalue weighted by Gasteiger charge is -2.27. The first-order valence-corrected chi connectivity index (χ1v) is 6.02. The molecule has 1 unspecified atom stereocenters. The minimum absolute atomic E-state index is 0.404. The van der Waals surface area contributed by atoms with Crippen LogP contribution >= 0.6 is 15.9 Å². The van der Waals surface area contributed by atoms with Crippen molar-refractivity contribution in [1.29, 1.82) is 0 Å². The van der Waals surface area contributed by atoms with E-state index in [9.17, 15) is 0 Å². The van der Waals surface area contributed by atoms with E-state index in [0.29, 0.717) is 6.04 Å². The maximum atomic E-state index is 5.50. The van der Waals surface area contributed by atoms with E-state index in [2.05, 4.69) is 32.7 Å². The standard InChI is InChI=1S/C11H15BrN2O/c1-9-8-15-6-2-5-14(9)11-4-3-10(12)7-13-11/h3-4,7,9H,2,5-6,8H2,1H3. The first kappa shape index (κ1) is 10.9. The summed E-state index contributed by atoms with van der Waals surface area (Å²) in [6, 6.07) is 4.48. The number of anilines is 1. The molecule has 4 heteroatoms. The van der Waals surface area contributed by atoms with Crippen LogP contribution in [0.4, 0.5) is 5.82 Å². The van der Waals surface area contributed by atoms with Crippen LogP contribution in [0.25, 0.3) is 0 Å². The van der Waals surface area contributed by atoms with Crippen LogP contribution in [0, 0.1) is 0 Å². The highest BCUT2D eigenvalue weighted by molar-refractivity contribution is 9.10. The van der Waals surface area contributed by atoms with Gasteiger partial charge in [-0.3, -0.25) is 0 Å². The van der Waals surface area contributed by atoms with E-state index in [4.69, 9.17) is 4.74 Å². The number of hydrogen-bond donors (Lipinski definition) is 0. The number of pyridine rings is 1. The Morgan fingerprint density at radius 3 is 3.13 bits per heavy atom. The Hall–Kier alpha value is -0.610. The Bertz CT molecular complexity index is 315. The van der Waals surface area contributed by atoms with Crippen molar-refractivity contribution in [2.24, 2.45) is 0 Å². The van der Waals surface area contributed by atoms with Crippen LogP contribution in [-0.4, -0.2) is 30.8 Å². The van der Waals surface area contributed by atoms with Gasteiger partial charge in [-0.2, -0.15) is 0 Å². The van der Waals surface area contributed by atoms with Crippen molar-refractivity contribution in [3.63, 3.8) is 0 Å². The van der Waals surface area contributed by atoms with Gasteiger partial charge in [0, 0.05) is 23.8 Å². The normalized spacial score (nSPS) is 22.5. The van der Waals surface area contributed by atoms with Crippen molar-refractivity contribution in [3.8, 4) is 0 Å². The molecule has 1 aromatic heterocycles. The molecular weight excluding hydrogens is 256 g/mol. The van der Waals surface area contributed by atoms with Gasteiger partial charge in [-0.05, 0) is 41.4 Å². The summed E-state index contributed by atoms with van der Waals surface area (Å²) in [5.74, 6) is 1.04. The van der Waals surface area contributed by atoms with Gasteiger partial charge >= 0.3 is 0 Å². The summed E-state index contributed by atoms with van der Waals surface area (Å²) in [5.41, 5.74) is 0. The first-order chi connectivity index (χ1) is 7.27. The van der Waals surface area contributed by atoms with Gasteiger partial charge in [0.1, 0.15) is 5.82 Å². The maximum absolute atomic E-state index is 5.50. The molecule has 1 saturated heterocycles. The van der Waals surface area contributed by atoms with Crippen LogP contribution in [0.5, 0.6) is 0 Å². The van der Waals surface area contributed by atoms with Crippen LogP contribution in [0.15, 0.2) is 22.8 Å². The molecule has 1 aliphatic rings. The molecule has 0 amide bonds. The van der Waals surface area contributed by atoms with E-state index in [1.54, 1.807) is 0 Å². The summed E-state index contributed by atoms with van der Waals surface area (Å²) in [6.45, 7) is 4.85. The van der Waals surface area contributed by atoms with Crippen LogP contribution in [0.1, 0.15) is 13.3 Å². The van der Waals surface area contributed by atoms with Gasteiger partial charge in [0.15, 0.2) is 0 Å². The smallest absolute Gasteiger partial charge is 0.128 e. The van der Waals surface area contributed by atoms with Crippen molar-refractivity contribution in [2.45, 2.75) is 19.4 Å². The molecule has 0 aromatic carbocycles. The van der Waals surface area contributed by atoms with Crippen molar-refractivity contribution < 1.29 is 4.74 Å². The highest BCUT2D eigenvalue weighted by Crippen LogP contribution is 2.19. The third kappa shape index (κ3) is 2.69. The van der Waals surface area contributed by atoms with E-state index < -0.39 is 0 Å². The second-order valence-corrected chi connectivity index (χ2v) is 4.72. The summed E-state index contributed by atoms with van der Waals surface area (Å²) in [6.07, 6.45) is 2.91. The minimum atomic E-state index is 0.404. The molecule has 3 nitrogen and oxygen atoms in total. The van der Waals surface area contributed by atoms with Crippen LogP contribution in [-0.2, 0) is 4.74 Å². The largest absolute Gasteiger partial charge is 0.379 e. The fraction of sp³-hybridized carbons (Fsp3) is 0.545. The third-order valence-electron chi connectivity index (χ3n) is 2.58. The average molecular weight is 271 g/mol. The van der Waals surface area contributed by atoms with E-state index in [1.165, 1.54) is 0 Å². The van der Waals surface area contributed by atoms with E-state index in [-0.39, 0.29) is 0 Å². The van der Waals surface area contributed by atoms with Gasteiger partial charge in [0.25, 0.3) is 0 Å². The van der Waals surface area contributed by atoms with Crippen molar-refractivity contribution >= 4 is 21.7 Å². The molecule has 0 spiro atoms. The Balaban J connectivity index is 2.16. The molecule has 2 rings (SSSR count). The number of rotatable bonds is 1. The lowest BCUT2D eigenvalue weighted by molar-refractivity contribution is 0.137. The summed E-state index contributed by atoms with van der Waals surface area (Å²) in [7, 11) is 0. The summed E-state index contributed by atoms with van der Waals surface area (Å²) in [4.78, 5) is 6.72. The average Bonchev–Trinajstić information content (AvgIpc) is 2.44. The zero-order valence-corrected chi connectivity index (χ0v) is 10.4. The number of halogens is 1. The molecule has 15 heavy (non-hydrogen) atoms. The van der Waals surface area contributed by atoms with Crippen LogP contribution in [0.2, 0.25) is 0 Å². The Morgan fingerprint density at radius 1 is 1.53 bits per heavy atom. The SMILES string of the molecule is CC1COCCCN1c1ccc(Br)cn1. The number of aromatic nitrogens is 1. The molecule has 1 aromatic rings. The second-order valence-electron chi connectivity index (χ2n) is 3.81. The molecule has 82 valence electrons. The van der Waals surface area contributed by atoms with Gasteiger partial charge in [-0.1, -0.05) is 0 Å². The number of nitrogens with zero attached hydrogens (tertiary/aromatic N) is 2. The van der Waals surface area contributed by atoms with Gasteiger partial charge in [-0.15, -0.1) is 0 Å². The third-order valence-corrected chi connectivity index (χ3v) is 3.05. The van der Waals surface area contributed by atoms with E-state index >= 15 is 0 Å². The van der Waals surface area contributed by atoms with E-state index in [0.717, 1.165) is 36.5 Å². The topological polar surface area (TPSA) is 25.4 Å². The molecule has 0 saturated carbocycles. The Morgan fingerprint density at radius 2 is 2.40 bits per heavy atom. The van der Waals surface area contributed by atoms with Gasteiger partial charge in [0.05, 0.1) is 12.6 Å². The van der Waals surface area contributed by atoms with Gasteiger partial charge in [-0.25, -0.2) is 4.98 Å². The molecule has 0 bridgehead atoms. The molecule has 0 N–H and O–H groups in total.